The van der Waals surface area contributed by atoms with Gasteiger partial charge >= 0.3 is 32.7 Å². The first kappa shape index (κ1) is 23.1. The Balaban J connectivity index is 0.000000304. The third kappa shape index (κ3) is 6.63. The molecule has 0 fully saturated rings. The number of nitrogens with zero attached hydrogens (tertiary/aromatic N) is 3. The van der Waals surface area contributed by atoms with Crippen LogP contribution in [0, 0.1) is 24.0 Å². The number of rotatable bonds is 5. The van der Waals surface area contributed by atoms with Crippen molar-refractivity contribution in [3.63, 3.8) is 0 Å². The fourth-order valence-electron chi connectivity index (χ4n) is 2.45. The molecule has 0 unspecified atom stereocenters. The summed E-state index contributed by atoms with van der Waals surface area (Å²) in [5.41, 5.74) is 2.82. The van der Waals surface area contributed by atoms with Crippen LogP contribution in [-0.2, 0) is 50.5 Å². The average Bonchev–Trinajstić information content (AvgIpc) is 3.12. The van der Waals surface area contributed by atoms with Crippen LogP contribution in [0.3, 0.4) is 0 Å². The van der Waals surface area contributed by atoms with Crippen LogP contribution in [-0.4, -0.2) is 35.0 Å². The summed E-state index contributed by atoms with van der Waals surface area (Å²) < 4.78 is 0. The van der Waals surface area contributed by atoms with Crippen molar-refractivity contribution in [2.24, 2.45) is 4.99 Å². The molecule has 0 aromatic heterocycles. The molecule has 0 N–H and O–H groups in total. The first-order chi connectivity index (χ1) is 12.6. The van der Waals surface area contributed by atoms with Crippen LogP contribution in [0.25, 0.3) is 0 Å². The molecule has 0 radical (unpaired) electrons. The van der Waals surface area contributed by atoms with E-state index in [1.165, 1.54) is 16.5 Å². The number of benzene rings is 2. The summed E-state index contributed by atoms with van der Waals surface area (Å²) in [6, 6.07) is 14.4. The van der Waals surface area contributed by atoms with Gasteiger partial charge in [0.2, 0.25) is 5.91 Å². The second kappa shape index (κ2) is 11.7. The number of aliphatic imine (C=N–C) groups is 1. The monoisotopic (exact) mass is 439 g/mol. The van der Waals surface area contributed by atoms with Gasteiger partial charge in [-0.3, -0.25) is 14.9 Å². The molecular formula is C20H20N3O3Y. The Hall–Kier alpha value is -1.92. The van der Waals surface area contributed by atoms with E-state index in [0.29, 0.717) is 18.7 Å². The molecule has 0 saturated carbocycles. The van der Waals surface area contributed by atoms with Crippen molar-refractivity contribution < 1.29 is 42.4 Å². The van der Waals surface area contributed by atoms with Gasteiger partial charge in [0.1, 0.15) is 0 Å². The van der Waals surface area contributed by atoms with Crippen molar-refractivity contribution in [3.8, 4) is 0 Å². The maximum Gasteiger partial charge on any atom is 3.00 e. The Morgan fingerprint density at radius 1 is 1.15 bits per heavy atom. The molecule has 0 atom stereocenters. The molecule has 0 spiro atoms. The number of nitro benzene ring substituents is 1. The van der Waals surface area contributed by atoms with E-state index in [2.05, 4.69) is 31.1 Å². The Bertz CT molecular complexity index is 805. The van der Waals surface area contributed by atoms with Crippen LogP contribution in [0.4, 0.5) is 5.69 Å². The standard InChI is InChI=1S/C12H14N2O3.C8H6N.Y/c1-3-13(4-2)12(15)9-10-7-5-6-8-11(10)14(16)17;1-2-4-8-6-9-5-7(8)3-1;/h5-8H,1-4,9H2;1-4H,5H2;/q-2;-1;+3. The zero-order chi connectivity index (χ0) is 18.9. The number of carbonyl (C=O) groups excluding carboxylic acids is 1. The molecule has 3 rings (SSSR count). The third-order valence-electron chi connectivity index (χ3n) is 3.89. The number of amides is 1. The first-order valence-corrected chi connectivity index (χ1v) is 8.15. The molecule has 1 amide bonds. The topological polar surface area (TPSA) is 75.8 Å². The van der Waals surface area contributed by atoms with Gasteiger partial charge in [0, 0.05) is 18.2 Å². The molecule has 2 aromatic carbocycles. The molecule has 136 valence electrons. The van der Waals surface area contributed by atoms with E-state index in [1.807, 2.05) is 18.2 Å². The Morgan fingerprint density at radius 3 is 2.41 bits per heavy atom. The molecule has 0 aliphatic carbocycles. The predicted octanol–water partition coefficient (Wildman–Crippen LogP) is 3.13. The Morgan fingerprint density at radius 2 is 1.78 bits per heavy atom. The quantitative estimate of drug-likeness (QED) is 0.408. The fraction of sp³-hybridized carbons (Fsp3) is 0.200. The van der Waals surface area contributed by atoms with Crippen LogP contribution in [0.1, 0.15) is 16.7 Å². The fourth-order valence-corrected chi connectivity index (χ4v) is 2.45. The van der Waals surface area contributed by atoms with E-state index in [4.69, 9.17) is 0 Å². The van der Waals surface area contributed by atoms with E-state index in [1.54, 1.807) is 18.2 Å². The predicted molar refractivity (Wildman–Crippen MR) is 101 cm³/mol. The van der Waals surface area contributed by atoms with E-state index in [-0.39, 0.29) is 50.7 Å². The smallest absolute Gasteiger partial charge is 0.402 e. The van der Waals surface area contributed by atoms with Gasteiger partial charge in [0.05, 0.1) is 11.3 Å². The SMILES string of the molecule is [C-]1=NCc2ccccc21.[CH2-]CN(C[CH2-])C(=O)Cc1ccccc1[N+](=O)[O-].[Y+3]. The second-order valence-electron chi connectivity index (χ2n) is 5.53. The van der Waals surface area contributed by atoms with E-state index >= 15 is 0 Å². The largest absolute Gasteiger partial charge is 3.00 e. The van der Waals surface area contributed by atoms with E-state index in [0.717, 1.165) is 12.1 Å². The third-order valence-corrected chi connectivity index (χ3v) is 3.89. The summed E-state index contributed by atoms with van der Waals surface area (Å²) in [6.45, 7) is 8.65. The van der Waals surface area contributed by atoms with Gasteiger partial charge < -0.3 is 23.7 Å². The Kier molecular flexibility index (Phi) is 10.0. The summed E-state index contributed by atoms with van der Waals surface area (Å²) in [5.74, 6) is -0.204. The summed E-state index contributed by atoms with van der Waals surface area (Å²) in [6.07, 6.45) is 2.93. The number of fused-ring (bicyclic) bond motifs is 1. The molecule has 0 bridgehead atoms. The van der Waals surface area contributed by atoms with Gasteiger partial charge in [0.15, 0.2) is 0 Å². The van der Waals surface area contributed by atoms with Gasteiger partial charge in [-0.05, 0) is 0 Å². The molecule has 1 aliphatic heterocycles. The number of carbonyl (C=O) groups is 1. The maximum absolute atomic E-state index is 11.8. The molecule has 1 heterocycles. The molecule has 1 aliphatic rings. The van der Waals surface area contributed by atoms with Crippen molar-refractivity contribution >= 4 is 17.8 Å². The molecule has 0 saturated heterocycles. The second-order valence-corrected chi connectivity index (χ2v) is 5.53. The zero-order valence-electron chi connectivity index (χ0n) is 15.0. The maximum atomic E-state index is 11.8. The van der Waals surface area contributed by atoms with Crippen LogP contribution in [0.15, 0.2) is 53.5 Å². The first-order valence-electron chi connectivity index (χ1n) is 8.15. The van der Waals surface area contributed by atoms with E-state index < -0.39 is 4.92 Å². The minimum Gasteiger partial charge on any atom is -0.402 e. The van der Waals surface area contributed by atoms with Gasteiger partial charge in [-0.1, -0.05) is 30.5 Å². The zero-order valence-corrected chi connectivity index (χ0v) is 17.8. The van der Waals surface area contributed by atoms with Crippen molar-refractivity contribution in [3.05, 3.63) is 89.2 Å². The minimum atomic E-state index is -0.485. The summed E-state index contributed by atoms with van der Waals surface area (Å²) >= 11 is 0. The molecule has 2 aromatic rings. The van der Waals surface area contributed by atoms with Crippen molar-refractivity contribution in [1.82, 2.24) is 4.90 Å². The van der Waals surface area contributed by atoms with Crippen LogP contribution in [0.5, 0.6) is 0 Å². The minimum absolute atomic E-state index is 0. The summed E-state index contributed by atoms with van der Waals surface area (Å²) in [7, 11) is 0. The van der Waals surface area contributed by atoms with Crippen molar-refractivity contribution in [2.75, 3.05) is 13.1 Å². The van der Waals surface area contributed by atoms with Gasteiger partial charge in [-0.25, -0.2) is 0 Å². The van der Waals surface area contributed by atoms with Gasteiger partial charge in [0.25, 0.3) is 5.69 Å². The van der Waals surface area contributed by atoms with Gasteiger partial charge in [-0.2, -0.15) is 11.6 Å². The molecule has 6 nitrogen and oxygen atoms in total. The number of nitro groups is 1. The molecule has 27 heavy (non-hydrogen) atoms. The molecular weight excluding hydrogens is 419 g/mol. The number of para-hydroxylation sites is 1. The van der Waals surface area contributed by atoms with Gasteiger partial charge in [-0.15, -0.1) is 30.8 Å². The molecule has 7 heteroatoms. The number of hydrogen-bond donors (Lipinski definition) is 0. The Labute approximate surface area is 184 Å². The normalized spacial score (nSPS) is 10.9. The summed E-state index contributed by atoms with van der Waals surface area (Å²) in [5, 5.41) is 10.8. The van der Waals surface area contributed by atoms with Crippen molar-refractivity contribution in [2.45, 2.75) is 13.0 Å². The van der Waals surface area contributed by atoms with Crippen LogP contribution >= 0.6 is 0 Å². The van der Waals surface area contributed by atoms with E-state index in [9.17, 15) is 14.9 Å². The van der Waals surface area contributed by atoms with Crippen LogP contribution < -0.4 is 0 Å². The average molecular weight is 439 g/mol. The summed E-state index contributed by atoms with van der Waals surface area (Å²) in [4.78, 5) is 27.5. The number of hydrogen-bond acceptors (Lipinski definition) is 4. The van der Waals surface area contributed by atoms with Crippen LogP contribution in [0.2, 0.25) is 0 Å². The van der Waals surface area contributed by atoms with Crippen molar-refractivity contribution in [1.29, 1.82) is 0 Å².